The molecular formula is C19H20N4O3S2. The molecule has 0 saturated carbocycles. The van der Waals surface area contributed by atoms with Crippen molar-refractivity contribution in [2.75, 3.05) is 5.73 Å². The summed E-state index contributed by atoms with van der Waals surface area (Å²) in [5, 5.41) is 6.96. The number of hydrogen-bond donors (Lipinski definition) is 2. The van der Waals surface area contributed by atoms with Crippen LogP contribution in [-0.4, -0.2) is 24.2 Å². The minimum Gasteiger partial charge on any atom is -0.368 e. The quantitative estimate of drug-likeness (QED) is 0.570. The van der Waals surface area contributed by atoms with Crippen LogP contribution in [0, 0.1) is 0 Å². The Hall–Kier alpha value is -2.62. The van der Waals surface area contributed by atoms with Crippen LogP contribution in [0.5, 0.6) is 0 Å². The molecule has 1 aromatic carbocycles. The molecule has 0 atom stereocenters. The van der Waals surface area contributed by atoms with E-state index >= 15 is 0 Å². The number of Topliss-reactive ketones (excluding diaryl/α,β-unsaturated/α-hetero) is 1. The van der Waals surface area contributed by atoms with Crippen LogP contribution in [0.2, 0.25) is 0 Å². The monoisotopic (exact) mass is 416 g/mol. The van der Waals surface area contributed by atoms with Gasteiger partial charge in [0.2, 0.25) is 16.0 Å². The van der Waals surface area contributed by atoms with Crippen molar-refractivity contribution in [3.63, 3.8) is 0 Å². The molecule has 7 nitrogen and oxygen atoms in total. The number of carbonyl (C=O) groups excluding carboxylic acids is 1. The number of benzene rings is 1. The highest BCUT2D eigenvalue weighted by Crippen LogP contribution is 2.28. The van der Waals surface area contributed by atoms with Crippen molar-refractivity contribution in [2.45, 2.75) is 31.1 Å². The largest absolute Gasteiger partial charge is 0.368 e. The standard InChI is InChI=1S/C19H20N4O3S2/c1-12(24)18-16(9-10-27-18)17-11-14(22-19(20)23-17)4-2-3-13-5-7-15(8-6-13)28(21,25)26/h5-11H,2-4H2,1H3,(H2,20,22,23)(H2,21,25,26). The molecule has 0 spiro atoms. The Balaban J connectivity index is 1.71. The van der Waals surface area contributed by atoms with E-state index in [0.717, 1.165) is 29.7 Å². The molecule has 4 N–H and O–H groups in total. The molecule has 146 valence electrons. The fourth-order valence-corrected chi connectivity index (χ4v) is 4.21. The molecule has 0 saturated heterocycles. The normalized spacial score (nSPS) is 11.5. The number of thiophene rings is 1. The number of sulfonamides is 1. The maximum Gasteiger partial charge on any atom is 0.238 e. The lowest BCUT2D eigenvalue weighted by Gasteiger charge is -2.07. The molecule has 0 bridgehead atoms. The predicted octanol–water partition coefficient (Wildman–Crippen LogP) is 2.81. The highest BCUT2D eigenvalue weighted by Gasteiger charge is 2.14. The summed E-state index contributed by atoms with van der Waals surface area (Å²) in [5.41, 5.74) is 9.08. The summed E-state index contributed by atoms with van der Waals surface area (Å²) in [5.74, 6) is 0.164. The van der Waals surface area contributed by atoms with Gasteiger partial charge >= 0.3 is 0 Å². The third kappa shape index (κ3) is 4.80. The van der Waals surface area contributed by atoms with Crippen molar-refractivity contribution in [3.8, 4) is 11.3 Å². The van der Waals surface area contributed by atoms with Crippen molar-refractivity contribution in [1.82, 2.24) is 9.97 Å². The molecular weight excluding hydrogens is 396 g/mol. The van der Waals surface area contributed by atoms with Crippen LogP contribution in [0.1, 0.15) is 34.3 Å². The zero-order valence-corrected chi connectivity index (χ0v) is 16.9. The second-order valence-electron chi connectivity index (χ2n) is 6.36. The summed E-state index contributed by atoms with van der Waals surface area (Å²) in [7, 11) is -3.68. The van der Waals surface area contributed by atoms with E-state index in [2.05, 4.69) is 9.97 Å². The van der Waals surface area contributed by atoms with Gasteiger partial charge in [-0.2, -0.15) is 0 Å². The Bertz CT molecular complexity index is 1110. The van der Waals surface area contributed by atoms with E-state index in [1.165, 1.54) is 30.4 Å². The Morgan fingerprint density at radius 2 is 1.82 bits per heavy atom. The maximum atomic E-state index is 11.8. The minimum absolute atomic E-state index is 0.00771. The van der Waals surface area contributed by atoms with Crippen molar-refractivity contribution < 1.29 is 13.2 Å². The molecule has 0 amide bonds. The minimum atomic E-state index is -3.68. The molecule has 28 heavy (non-hydrogen) atoms. The summed E-state index contributed by atoms with van der Waals surface area (Å²) in [6.45, 7) is 1.53. The fourth-order valence-electron chi connectivity index (χ4n) is 2.89. The van der Waals surface area contributed by atoms with E-state index < -0.39 is 10.0 Å². The van der Waals surface area contributed by atoms with E-state index in [-0.39, 0.29) is 16.6 Å². The molecule has 0 unspecified atom stereocenters. The third-order valence-corrected chi connectivity index (χ3v) is 6.15. The summed E-state index contributed by atoms with van der Waals surface area (Å²) in [6.07, 6.45) is 2.23. The SMILES string of the molecule is CC(=O)c1sccc1-c1cc(CCCc2ccc(S(N)(=O)=O)cc2)nc(N)n1. The highest BCUT2D eigenvalue weighted by molar-refractivity contribution is 7.89. The predicted molar refractivity (Wildman–Crippen MR) is 110 cm³/mol. The molecule has 3 aromatic rings. The van der Waals surface area contributed by atoms with E-state index in [9.17, 15) is 13.2 Å². The van der Waals surface area contributed by atoms with Crippen LogP contribution < -0.4 is 10.9 Å². The maximum absolute atomic E-state index is 11.8. The summed E-state index contributed by atoms with van der Waals surface area (Å²) >= 11 is 1.38. The van der Waals surface area contributed by atoms with Crippen LogP contribution in [0.3, 0.4) is 0 Å². The summed E-state index contributed by atoms with van der Waals surface area (Å²) in [6, 6.07) is 10.2. The first-order valence-electron chi connectivity index (χ1n) is 8.58. The fraction of sp³-hybridized carbons (Fsp3) is 0.211. The van der Waals surface area contributed by atoms with Crippen molar-refractivity contribution in [2.24, 2.45) is 5.14 Å². The number of hydrogen-bond acceptors (Lipinski definition) is 7. The molecule has 0 aliphatic rings. The molecule has 9 heteroatoms. The number of anilines is 1. The second kappa shape index (κ2) is 8.17. The zero-order chi connectivity index (χ0) is 20.3. The highest BCUT2D eigenvalue weighted by atomic mass is 32.2. The number of rotatable bonds is 7. The van der Waals surface area contributed by atoms with Crippen LogP contribution in [0.4, 0.5) is 5.95 Å². The Kier molecular flexibility index (Phi) is 5.87. The van der Waals surface area contributed by atoms with Gasteiger partial charge in [-0.15, -0.1) is 11.3 Å². The number of carbonyl (C=O) groups is 1. The van der Waals surface area contributed by atoms with Crippen molar-refractivity contribution in [1.29, 1.82) is 0 Å². The number of aromatic nitrogens is 2. The molecule has 2 aromatic heterocycles. The topological polar surface area (TPSA) is 129 Å². The van der Waals surface area contributed by atoms with E-state index in [0.29, 0.717) is 17.0 Å². The van der Waals surface area contributed by atoms with Gasteiger partial charge in [0.15, 0.2) is 5.78 Å². The van der Waals surface area contributed by atoms with Crippen LogP contribution in [0.25, 0.3) is 11.3 Å². The van der Waals surface area contributed by atoms with Gasteiger partial charge in [0, 0.05) is 11.3 Å². The van der Waals surface area contributed by atoms with Gasteiger partial charge in [-0.05, 0) is 61.4 Å². The van der Waals surface area contributed by atoms with Crippen LogP contribution >= 0.6 is 11.3 Å². The first-order chi connectivity index (χ1) is 13.2. The lowest BCUT2D eigenvalue weighted by molar-refractivity contribution is 0.102. The Labute approximate surface area is 167 Å². The lowest BCUT2D eigenvalue weighted by Crippen LogP contribution is -2.11. The number of aryl methyl sites for hydroxylation is 2. The molecule has 0 aliphatic heterocycles. The first-order valence-corrected chi connectivity index (χ1v) is 11.0. The van der Waals surface area contributed by atoms with Gasteiger partial charge in [-0.3, -0.25) is 4.79 Å². The molecule has 0 radical (unpaired) electrons. The number of ketones is 1. The van der Waals surface area contributed by atoms with E-state index in [4.69, 9.17) is 10.9 Å². The zero-order valence-electron chi connectivity index (χ0n) is 15.3. The number of nitrogens with zero attached hydrogens (tertiary/aromatic N) is 2. The van der Waals surface area contributed by atoms with Gasteiger partial charge in [0.05, 0.1) is 15.5 Å². The molecule has 0 aliphatic carbocycles. The number of primary sulfonamides is 1. The van der Waals surface area contributed by atoms with Gasteiger partial charge in [-0.1, -0.05) is 12.1 Å². The summed E-state index contributed by atoms with van der Waals surface area (Å²) in [4.78, 5) is 21.1. The van der Waals surface area contributed by atoms with E-state index in [1.54, 1.807) is 12.1 Å². The molecule has 2 heterocycles. The van der Waals surface area contributed by atoms with Gasteiger partial charge in [0.25, 0.3) is 0 Å². The first kappa shape index (κ1) is 20.1. The average Bonchev–Trinajstić information content (AvgIpc) is 3.11. The van der Waals surface area contributed by atoms with Crippen LogP contribution in [0.15, 0.2) is 46.7 Å². The Morgan fingerprint density at radius 1 is 1.11 bits per heavy atom. The lowest BCUT2D eigenvalue weighted by atomic mass is 10.1. The van der Waals surface area contributed by atoms with Crippen molar-refractivity contribution >= 4 is 33.1 Å². The van der Waals surface area contributed by atoms with Crippen LogP contribution in [-0.2, 0) is 22.9 Å². The smallest absolute Gasteiger partial charge is 0.238 e. The van der Waals surface area contributed by atoms with Gasteiger partial charge in [-0.25, -0.2) is 23.5 Å². The summed E-state index contributed by atoms with van der Waals surface area (Å²) < 4.78 is 22.6. The number of nitrogen functional groups attached to an aromatic ring is 1. The second-order valence-corrected chi connectivity index (χ2v) is 8.84. The number of nitrogens with two attached hydrogens (primary N) is 2. The molecule has 0 fully saturated rings. The van der Waals surface area contributed by atoms with Gasteiger partial charge in [0.1, 0.15) is 0 Å². The Morgan fingerprint density at radius 3 is 2.46 bits per heavy atom. The molecule has 3 rings (SSSR count). The third-order valence-electron chi connectivity index (χ3n) is 4.21. The van der Waals surface area contributed by atoms with Crippen molar-refractivity contribution in [3.05, 3.63) is 57.9 Å². The van der Waals surface area contributed by atoms with Gasteiger partial charge < -0.3 is 5.73 Å². The average molecular weight is 417 g/mol. The van der Waals surface area contributed by atoms with E-state index in [1.807, 2.05) is 17.5 Å².